The Morgan fingerprint density at radius 1 is 1.47 bits per heavy atom. The molecule has 0 aliphatic carbocycles. The molecule has 5 nitrogen and oxygen atoms in total. The molecule has 7 heteroatoms. The van der Waals surface area contributed by atoms with E-state index in [9.17, 15) is 18.8 Å². The van der Waals surface area contributed by atoms with E-state index in [0.717, 1.165) is 11.0 Å². The minimum atomic E-state index is -0.751. The smallest absolute Gasteiger partial charge is 0.255 e. The van der Waals surface area contributed by atoms with Gasteiger partial charge in [0.25, 0.3) is 5.91 Å². The maximum Gasteiger partial charge on any atom is 0.255 e. The molecule has 1 atom stereocenters. The molecule has 1 aliphatic rings. The van der Waals surface area contributed by atoms with Crippen LogP contribution < -0.4 is 5.32 Å². The van der Waals surface area contributed by atoms with Gasteiger partial charge in [-0.3, -0.25) is 19.7 Å². The van der Waals surface area contributed by atoms with Crippen molar-refractivity contribution in [2.24, 2.45) is 0 Å². The highest BCUT2D eigenvalue weighted by atomic mass is 32.1. The van der Waals surface area contributed by atoms with E-state index >= 15 is 0 Å². The normalized spacial score (nSPS) is 19.3. The third-order valence-electron chi connectivity index (χ3n) is 2.88. The lowest BCUT2D eigenvalue weighted by Gasteiger charge is -2.31. The van der Waals surface area contributed by atoms with E-state index in [1.807, 2.05) is 0 Å². The number of nitrogens with zero attached hydrogens (tertiary/aromatic N) is 1. The molecule has 1 N–H and O–H groups in total. The van der Waals surface area contributed by atoms with E-state index in [0.29, 0.717) is 0 Å². The zero-order chi connectivity index (χ0) is 14.2. The number of hydrogen-bond acceptors (Lipinski definition) is 4. The molecular weight excluding hydrogens is 271 g/mol. The van der Waals surface area contributed by atoms with Crippen molar-refractivity contribution in [3.05, 3.63) is 29.6 Å². The number of amides is 3. The number of piperazine rings is 1. The van der Waals surface area contributed by atoms with Crippen LogP contribution in [0.2, 0.25) is 0 Å². The number of rotatable bonds is 1. The van der Waals surface area contributed by atoms with Gasteiger partial charge in [0.05, 0.1) is 0 Å². The third kappa shape index (κ3) is 2.60. The molecule has 100 valence electrons. The molecule has 1 unspecified atom stereocenters. The van der Waals surface area contributed by atoms with Crippen molar-refractivity contribution >= 4 is 30.4 Å². The van der Waals surface area contributed by atoms with E-state index in [2.05, 4.69) is 17.9 Å². The first-order valence-electron chi connectivity index (χ1n) is 5.53. The molecule has 1 aliphatic heterocycles. The van der Waals surface area contributed by atoms with Crippen molar-refractivity contribution in [2.75, 3.05) is 6.54 Å². The summed E-state index contributed by atoms with van der Waals surface area (Å²) in [6, 6.07) is 2.93. The van der Waals surface area contributed by atoms with E-state index < -0.39 is 29.6 Å². The molecule has 1 saturated heterocycles. The molecule has 0 aromatic heterocycles. The van der Waals surface area contributed by atoms with Gasteiger partial charge < -0.3 is 4.90 Å². The van der Waals surface area contributed by atoms with E-state index in [1.54, 1.807) is 0 Å². The largest absolute Gasteiger partial charge is 0.318 e. The minimum absolute atomic E-state index is 0.0336. The zero-order valence-corrected chi connectivity index (χ0v) is 10.9. The van der Waals surface area contributed by atoms with Crippen LogP contribution >= 0.6 is 12.6 Å². The van der Waals surface area contributed by atoms with Crippen LogP contribution in [0.3, 0.4) is 0 Å². The molecular formula is C12H11FN2O3S. The Labute approximate surface area is 114 Å². The summed E-state index contributed by atoms with van der Waals surface area (Å²) < 4.78 is 13.1. The molecule has 19 heavy (non-hydrogen) atoms. The van der Waals surface area contributed by atoms with Crippen molar-refractivity contribution in [3.8, 4) is 0 Å². The van der Waals surface area contributed by atoms with Gasteiger partial charge in [0.2, 0.25) is 11.8 Å². The first kappa shape index (κ1) is 13.5. The molecule has 1 fully saturated rings. The monoisotopic (exact) mass is 282 g/mol. The van der Waals surface area contributed by atoms with Crippen molar-refractivity contribution in [1.29, 1.82) is 0 Å². The molecule has 1 aromatic rings. The first-order chi connectivity index (χ1) is 8.90. The predicted octanol–water partition coefficient (Wildman–Crippen LogP) is 0.601. The Bertz CT molecular complexity index is 576. The average Bonchev–Trinajstić information content (AvgIpc) is 2.36. The van der Waals surface area contributed by atoms with Gasteiger partial charge in [-0.25, -0.2) is 4.39 Å². The van der Waals surface area contributed by atoms with Crippen LogP contribution in [0, 0.1) is 5.82 Å². The Balaban J connectivity index is 2.29. The van der Waals surface area contributed by atoms with Crippen LogP contribution in [0.25, 0.3) is 0 Å². The van der Waals surface area contributed by atoms with Crippen LogP contribution in [-0.2, 0) is 9.59 Å². The van der Waals surface area contributed by atoms with Crippen LogP contribution in [0.4, 0.5) is 4.39 Å². The lowest BCUT2D eigenvalue weighted by Crippen LogP contribution is -2.58. The second kappa shape index (κ2) is 5.00. The summed E-state index contributed by atoms with van der Waals surface area (Å²) in [6.07, 6.45) is 0. The van der Waals surface area contributed by atoms with Gasteiger partial charge in [-0.15, -0.1) is 12.6 Å². The molecule has 3 amide bonds. The summed E-state index contributed by atoms with van der Waals surface area (Å²) in [6.45, 7) is 1.32. The molecule has 0 bridgehead atoms. The number of nitrogens with one attached hydrogen (secondary N) is 1. The van der Waals surface area contributed by atoms with Crippen molar-refractivity contribution in [3.63, 3.8) is 0 Å². The van der Waals surface area contributed by atoms with Crippen LogP contribution in [0.5, 0.6) is 0 Å². The number of hydrogen-bond donors (Lipinski definition) is 2. The summed E-state index contributed by atoms with van der Waals surface area (Å²) in [7, 11) is 0. The predicted molar refractivity (Wildman–Crippen MR) is 67.3 cm³/mol. The number of halogens is 1. The van der Waals surface area contributed by atoms with Crippen LogP contribution in [0.1, 0.15) is 17.3 Å². The second-order valence-electron chi connectivity index (χ2n) is 4.19. The van der Waals surface area contributed by atoms with E-state index in [-0.39, 0.29) is 17.0 Å². The first-order valence-corrected chi connectivity index (χ1v) is 5.98. The fraction of sp³-hybridized carbons (Fsp3) is 0.250. The van der Waals surface area contributed by atoms with Crippen molar-refractivity contribution in [2.45, 2.75) is 17.9 Å². The molecule has 0 spiro atoms. The zero-order valence-electron chi connectivity index (χ0n) is 10.0. The molecule has 0 radical (unpaired) electrons. The Hall–Kier alpha value is -1.89. The van der Waals surface area contributed by atoms with Gasteiger partial charge >= 0.3 is 0 Å². The highest BCUT2D eigenvalue weighted by Gasteiger charge is 2.34. The summed E-state index contributed by atoms with van der Waals surface area (Å²) in [5.41, 5.74) is 0.181. The van der Waals surface area contributed by atoms with Gasteiger partial charge in [-0.05, 0) is 25.1 Å². The van der Waals surface area contributed by atoms with Gasteiger partial charge in [-0.1, -0.05) is 0 Å². The summed E-state index contributed by atoms with van der Waals surface area (Å²) >= 11 is 3.89. The molecule has 1 aromatic carbocycles. The second-order valence-corrected chi connectivity index (χ2v) is 4.67. The van der Waals surface area contributed by atoms with Crippen LogP contribution in [0.15, 0.2) is 23.1 Å². The molecule has 2 rings (SSSR count). The number of benzene rings is 1. The number of thiol groups is 1. The minimum Gasteiger partial charge on any atom is -0.318 e. The van der Waals surface area contributed by atoms with Crippen molar-refractivity contribution < 1.29 is 18.8 Å². The van der Waals surface area contributed by atoms with Gasteiger partial charge in [-0.2, -0.15) is 0 Å². The number of carbonyl (C=O) groups excluding carboxylic acids is 3. The summed E-state index contributed by atoms with van der Waals surface area (Å²) in [4.78, 5) is 36.1. The van der Waals surface area contributed by atoms with Crippen LogP contribution in [-0.4, -0.2) is 35.2 Å². The van der Waals surface area contributed by atoms with Gasteiger partial charge in [0, 0.05) is 10.5 Å². The number of carbonyl (C=O) groups is 3. The molecule has 1 heterocycles. The third-order valence-corrected chi connectivity index (χ3v) is 3.22. The molecule has 0 saturated carbocycles. The average molecular weight is 282 g/mol. The Morgan fingerprint density at radius 3 is 2.79 bits per heavy atom. The fourth-order valence-corrected chi connectivity index (χ4v) is 1.99. The van der Waals surface area contributed by atoms with E-state index in [1.165, 1.54) is 19.1 Å². The maximum absolute atomic E-state index is 13.1. The summed E-state index contributed by atoms with van der Waals surface area (Å²) in [5, 5.41) is 2.14. The standard InChI is InChI=1S/C12H11FN2O3S/c1-6-11(17)14-10(16)5-15(6)12(18)7-2-3-8(13)9(19)4-7/h2-4,6,19H,5H2,1H3,(H,14,16,17). The highest BCUT2D eigenvalue weighted by Crippen LogP contribution is 2.17. The maximum atomic E-state index is 13.1. The Kier molecular flexibility index (Phi) is 3.57. The van der Waals surface area contributed by atoms with E-state index in [4.69, 9.17) is 0 Å². The highest BCUT2D eigenvalue weighted by molar-refractivity contribution is 7.80. The topological polar surface area (TPSA) is 66.5 Å². The SMILES string of the molecule is CC1C(=O)NC(=O)CN1C(=O)c1ccc(F)c(S)c1. The van der Waals surface area contributed by atoms with Gasteiger partial charge in [0.1, 0.15) is 18.4 Å². The fourth-order valence-electron chi connectivity index (χ4n) is 1.77. The lowest BCUT2D eigenvalue weighted by atomic mass is 10.1. The lowest BCUT2D eigenvalue weighted by molar-refractivity contribution is -0.138. The van der Waals surface area contributed by atoms with Gasteiger partial charge in [0.15, 0.2) is 0 Å². The number of imide groups is 1. The summed E-state index contributed by atoms with van der Waals surface area (Å²) in [5.74, 6) is -2.12. The Morgan fingerprint density at radius 2 is 2.16 bits per heavy atom. The van der Waals surface area contributed by atoms with Crippen molar-refractivity contribution in [1.82, 2.24) is 10.2 Å². The quantitative estimate of drug-likeness (QED) is 0.585.